The van der Waals surface area contributed by atoms with Gasteiger partial charge in [-0.15, -0.1) is 0 Å². The molecule has 2 amide bonds. The monoisotopic (exact) mass is 292 g/mol. The van der Waals surface area contributed by atoms with Gasteiger partial charge in [-0.2, -0.15) is 0 Å². The van der Waals surface area contributed by atoms with Crippen molar-refractivity contribution in [2.75, 3.05) is 13.1 Å². The molecule has 0 spiro atoms. The molecule has 0 bridgehead atoms. The fourth-order valence-electron chi connectivity index (χ4n) is 2.05. The van der Waals surface area contributed by atoms with Gasteiger partial charge in [-0.25, -0.2) is 9.78 Å². The van der Waals surface area contributed by atoms with E-state index in [0.29, 0.717) is 19.5 Å². The molecule has 0 aromatic carbocycles. The first-order chi connectivity index (χ1) is 9.85. The van der Waals surface area contributed by atoms with Crippen LogP contribution in [0.4, 0.5) is 4.79 Å². The summed E-state index contributed by atoms with van der Waals surface area (Å²) in [5.74, 6) is -0.279. The van der Waals surface area contributed by atoms with Crippen molar-refractivity contribution in [2.24, 2.45) is 0 Å². The molecule has 1 atom stereocenters. The second kappa shape index (κ2) is 6.07. The third-order valence-corrected chi connectivity index (χ3v) is 2.97. The number of nitrogens with one attached hydrogen (secondary N) is 1. The second-order valence-electron chi connectivity index (χ2n) is 5.98. The van der Waals surface area contributed by atoms with Gasteiger partial charge in [-0.1, -0.05) is 0 Å². The van der Waals surface area contributed by atoms with E-state index >= 15 is 0 Å². The smallest absolute Gasteiger partial charge is 0.410 e. The molecule has 1 fully saturated rings. The quantitative estimate of drug-likeness (QED) is 0.886. The lowest BCUT2D eigenvalue weighted by atomic mass is 10.2. The van der Waals surface area contributed by atoms with Crippen molar-refractivity contribution in [1.29, 1.82) is 0 Å². The van der Waals surface area contributed by atoms with Crippen LogP contribution in [0.3, 0.4) is 0 Å². The molecule has 2 rings (SSSR count). The van der Waals surface area contributed by atoms with Crippen LogP contribution in [0, 0.1) is 0 Å². The van der Waals surface area contributed by atoms with E-state index in [1.165, 1.54) is 18.6 Å². The Morgan fingerprint density at radius 2 is 2.14 bits per heavy atom. The number of aromatic nitrogens is 2. The molecule has 1 aromatic heterocycles. The lowest BCUT2D eigenvalue weighted by molar-refractivity contribution is 0.0290. The molecule has 0 radical (unpaired) electrons. The zero-order chi connectivity index (χ0) is 15.5. The van der Waals surface area contributed by atoms with Crippen LogP contribution in [0.2, 0.25) is 0 Å². The third kappa shape index (κ3) is 4.40. The molecule has 1 N–H and O–H groups in total. The van der Waals surface area contributed by atoms with E-state index in [1.807, 2.05) is 20.8 Å². The van der Waals surface area contributed by atoms with Crippen molar-refractivity contribution in [2.45, 2.75) is 38.8 Å². The molecule has 21 heavy (non-hydrogen) atoms. The number of hydrogen-bond acceptors (Lipinski definition) is 5. The maximum Gasteiger partial charge on any atom is 0.410 e. The molecule has 0 saturated carbocycles. The highest BCUT2D eigenvalue weighted by molar-refractivity contribution is 5.92. The first kappa shape index (κ1) is 15.2. The van der Waals surface area contributed by atoms with E-state index in [-0.39, 0.29) is 23.7 Å². The van der Waals surface area contributed by atoms with Crippen molar-refractivity contribution >= 4 is 12.0 Å². The molecule has 1 saturated heterocycles. The average molecular weight is 292 g/mol. The van der Waals surface area contributed by atoms with Crippen molar-refractivity contribution in [3.05, 3.63) is 24.3 Å². The SMILES string of the molecule is CC(C)(C)OC(=O)N1CC[C@@H](NC(=O)c2cnccn2)C1. The Balaban J connectivity index is 1.86. The van der Waals surface area contributed by atoms with E-state index in [9.17, 15) is 9.59 Å². The van der Waals surface area contributed by atoms with Crippen LogP contribution >= 0.6 is 0 Å². The van der Waals surface area contributed by atoms with E-state index in [4.69, 9.17) is 4.74 Å². The summed E-state index contributed by atoms with van der Waals surface area (Å²) in [6, 6.07) is -0.0907. The second-order valence-corrected chi connectivity index (χ2v) is 5.98. The number of likely N-dealkylation sites (tertiary alicyclic amines) is 1. The lowest BCUT2D eigenvalue weighted by Gasteiger charge is -2.24. The topological polar surface area (TPSA) is 84.4 Å². The van der Waals surface area contributed by atoms with Gasteiger partial charge in [-0.05, 0) is 27.2 Å². The predicted octanol–water partition coefficient (Wildman–Crippen LogP) is 1.22. The van der Waals surface area contributed by atoms with Crippen molar-refractivity contribution in [3.63, 3.8) is 0 Å². The molecule has 7 heteroatoms. The van der Waals surface area contributed by atoms with Crippen molar-refractivity contribution < 1.29 is 14.3 Å². The van der Waals surface area contributed by atoms with Crippen molar-refractivity contribution in [1.82, 2.24) is 20.2 Å². The molecular formula is C14H20N4O3. The first-order valence-electron chi connectivity index (χ1n) is 6.90. The van der Waals surface area contributed by atoms with Crippen molar-refractivity contribution in [3.8, 4) is 0 Å². The zero-order valence-corrected chi connectivity index (χ0v) is 12.5. The molecular weight excluding hydrogens is 272 g/mol. The number of ether oxygens (including phenoxy) is 1. The Bertz CT molecular complexity index is 513. The number of hydrogen-bond donors (Lipinski definition) is 1. The van der Waals surface area contributed by atoms with Crippen LogP contribution in [-0.4, -0.2) is 51.6 Å². The first-order valence-corrected chi connectivity index (χ1v) is 6.90. The summed E-state index contributed by atoms with van der Waals surface area (Å²) in [7, 11) is 0. The van der Waals surface area contributed by atoms with Crippen LogP contribution in [0.25, 0.3) is 0 Å². The molecule has 1 aliphatic rings. The minimum absolute atomic E-state index is 0.0907. The lowest BCUT2D eigenvalue weighted by Crippen LogP contribution is -2.40. The summed E-state index contributed by atoms with van der Waals surface area (Å²) in [5.41, 5.74) is -0.244. The van der Waals surface area contributed by atoms with Crippen LogP contribution < -0.4 is 5.32 Å². The molecule has 2 heterocycles. The fourth-order valence-corrected chi connectivity index (χ4v) is 2.05. The van der Waals surface area contributed by atoms with Gasteiger partial charge in [0, 0.05) is 31.5 Å². The Morgan fingerprint density at radius 1 is 1.38 bits per heavy atom. The van der Waals surface area contributed by atoms with Crippen LogP contribution in [0.1, 0.15) is 37.7 Å². The maximum atomic E-state index is 12.0. The van der Waals surface area contributed by atoms with Gasteiger partial charge < -0.3 is 15.0 Å². The standard InChI is InChI=1S/C14H20N4O3/c1-14(2,3)21-13(20)18-7-4-10(9-18)17-12(19)11-8-15-5-6-16-11/h5-6,8,10H,4,7,9H2,1-3H3,(H,17,19)/t10-/m1/s1. The number of rotatable bonds is 2. The molecule has 1 aliphatic heterocycles. The van der Waals surface area contributed by atoms with Gasteiger partial charge in [0.2, 0.25) is 0 Å². The highest BCUT2D eigenvalue weighted by Gasteiger charge is 2.30. The van der Waals surface area contributed by atoms with Crippen LogP contribution in [0.15, 0.2) is 18.6 Å². The zero-order valence-electron chi connectivity index (χ0n) is 12.5. The van der Waals surface area contributed by atoms with Gasteiger partial charge in [0.15, 0.2) is 0 Å². The summed E-state index contributed by atoms with van der Waals surface area (Å²) in [6.07, 6.45) is 4.74. The summed E-state index contributed by atoms with van der Waals surface area (Å²) in [6.45, 7) is 6.50. The Morgan fingerprint density at radius 3 is 2.76 bits per heavy atom. The summed E-state index contributed by atoms with van der Waals surface area (Å²) < 4.78 is 5.31. The van der Waals surface area contributed by atoms with E-state index < -0.39 is 5.60 Å². The number of amides is 2. The van der Waals surface area contributed by atoms with E-state index in [2.05, 4.69) is 15.3 Å². The molecule has 7 nitrogen and oxygen atoms in total. The minimum Gasteiger partial charge on any atom is -0.444 e. The Hall–Kier alpha value is -2.18. The van der Waals surface area contributed by atoms with Gasteiger partial charge in [0.25, 0.3) is 5.91 Å². The third-order valence-electron chi connectivity index (χ3n) is 2.97. The molecule has 1 aromatic rings. The van der Waals surface area contributed by atoms with E-state index in [0.717, 1.165) is 0 Å². The van der Waals surface area contributed by atoms with Gasteiger partial charge in [0.05, 0.1) is 6.20 Å². The summed E-state index contributed by atoms with van der Waals surface area (Å²) in [5, 5.41) is 2.85. The van der Waals surface area contributed by atoms with Gasteiger partial charge in [-0.3, -0.25) is 9.78 Å². The van der Waals surface area contributed by atoms with Gasteiger partial charge in [0.1, 0.15) is 11.3 Å². The number of carbonyl (C=O) groups is 2. The molecule has 114 valence electrons. The summed E-state index contributed by atoms with van der Waals surface area (Å²) in [4.78, 5) is 33.3. The fraction of sp³-hybridized carbons (Fsp3) is 0.571. The van der Waals surface area contributed by atoms with E-state index in [1.54, 1.807) is 4.90 Å². The molecule has 0 aliphatic carbocycles. The predicted molar refractivity (Wildman–Crippen MR) is 75.7 cm³/mol. The Kier molecular flexibility index (Phi) is 4.40. The van der Waals surface area contributed by atoms with Crippen LogP contribution in [0.5, 0.6) is 0 Å². The summed E-state index contributed by atoms with van der Waals surface area (Å²) >= 11 is 0. The Labute approximate surface area is 123 Å². The highest BCUT2D eigenvalue weighted by atomic mass is 16.6. The van der Waals surface area contributed by atoms with Crippen LogP contribution in [-0.2, 0) is 4.74 Å². The minimum atomic E-state index is -0.516. The van der Waals surface area contributed by atoms with Gasteiger partial charge >= 0.3 is 6.09 Å². The largest absolute Gasteiger partial charge is 0.444 e. The number of nitrogens with zero attached hydrogens (tertiary/aromatic N) is 3. The average Bonchev–Trinajstić information content (AvgIpc) is 2.86. The normalized spacial score (nSPS) is 18.4. The highest BCUT2D eigenvalue weighted by Crippen LogP contribution is 2.15. The molecule has 0 unspecified atom stereocenters. The number of carbonyl (C=O) groups excluding carboxylic acids is 2. The maximum absolute atomic E-state index is 12.0.